The number of aryl methyl sites for hydroxylation is 1. The minimum atomic E-state index is -0.403. The summed E-state index contributed by atoms with van der Waals surface area (Å²) in [6.45, 7) is 3.15. The number of rotatable bonds is 5. The molecule has 7 nitrogen and oxygen atoms in total. The maximum absolute atomic E-state index is 13.9. The Hall–Kier alpha value is -4.20. The molecule has 2 heterocycles. The molecule has 0 saturated heterocycles. The number of hydrogen-bond acceptors (Lipinski definition) is 7. The number of hydrogen-bond donors (Lipinski definition) is 2. The number of nitrogens with one attached hydrogen (secondary N) is 2. The zero-order valence-corrected chi connectivity index (χ0v) is 17.3. The monoisotopic (exact) mass is 429 g/mol. The second kappa shape index (κ2) is 8.50. The Kier molecular flexibility index (Phi) is 5.25. The van der Waals surface area contributed by atoms with Gasteiger partial charge in [0.15, 0.2) is 11.6 Å². The van der Waals surface area contributed by atoms with E-state index in [2.05, 4.69) is 25.6 Å². The van der Waals surface area contributed by atoms with Crippen LogP contribution in [0.4, 0.5) is 21.6 Å². The van der Waals surface area contributed by atoms with Gasteiger partial charge in [-0.15, -0.1) is 0 Å². The molecule has 0 unspecified atom stereocenters. The van der Waals surface area contributed by atoms with Gasteiger partial charge in [0.2, 0.25) is 0 Å². The second-order valence-electron chi connectivity index (χ2n) is 7.25. The second-order valence-corrected chi connectivity index (χ2v) is 7.25. The van der Waals surface area contributed by atoms with Crippen LogP contribution in [-0.2, 0) is 4.74 Å². The van der Waals surface area contributed by atoms with Gasteiger partial charge >= 0.3 is 0 Å². The molecule has 2 N–H and O–H groups in total. The van der Waals surface area contributed by atoms with Gasteiger partial charge in [-0.25, -0.2) is 19.4 Å². The number of ether oxygens (including phenoxy) is 2. The van der Waals surface area contributed by atoms with Gasteiger partial charge in [-0.05, 0) is 61.0 Å². The highest BCUT2D eigenvalue weighted by molar-refractivity contribution is 5.97. The van der Waals surface area contributed by atoms with Gasteiger partial charge in [-0.2, -0.15) is 0 Å². The number of nitrogens with zero attached hydrogens (tertiary/aromatic N) is 3. The van der Waals surface area contributed by atoms with Gasteiger partial charge in [0.1, 0.15) is 24.5 Å². The van der Waals surface area contributed by atoms with E-state index in [4.69, 9.17) is 9.47 Å². The van der Waals surface area contributed by atoms with Crippen LogP contribution in [0.3, 0.4) is 0 Å². The smallest absolute Gasteiger partial charge is 0.289 e. The van der Waals surface area contributed by atoms with Crippen LogP contribution in [0.15, 0.2) is 72.0 Å². The number of benzene rings is 3. The van der Waals surface area contributed by atoms with E-state index in [0.29, 0.717) is 30.7 Å². The van der Waals surface area contributed by atoms with Crippen LogP contribution >= 0.6 is 0 Å². The summed E-state index contributed by atoms with van der Waals surface area (Å²) in [5.41, 5.74) is 3.32. The molecule has 3 aromatic carbocycles. The highest BCUT2D eigenvalue weighted by Gasteiger charge is 2.11. The molecule has 0 bridgehead atoms. The van der Waals surface area contributed by atoms with Crippen LogP contribution in [0, 0.1) is 12.7 Å². The third-order valence-electron chi connectivity index (χ3n) is 4.97. The average Bonchev–Trinajstić information content (AvgIpc) is 3.30. The van der Waals surface area contributed by atoms with Crippen molar-refractivity contribution in [3.8, 4) is 11.5 Å². The van der Waals surface area contributed by atoms with Gasteiger partial charge in [0, 0.05) is 16.8 Å². The van der Waals surface area contributed by atoms with Crippen molar-refractivity contribution in [1.82, 2.24) is 9.97 Å². The zero-order chi connectivity index (χ0) is 21.9. The van der Waals surface area contributed by atoms with Crippen LogP contribution < -0.4 is 15.4 Å². The van der Waals surface area contributed by atoms with Crippen LogP contribution in [0.5, 0.6) is 11.5 Å². The lowest BCUT2D eigenvalue weighted by molar-refractivity contribution is 0.346. The fourth-order valence-electron chi connectivity index (χ4n) is 3.39. The first kappa shape index (κ1) is 19.7. The fraction of sp³-hybridized carbons (Fsp3) is 0.125. The van der Waals surface area contributed by atoms with E-state index in [1.165, 1.54) is 12.4 Å². The van der Waals surface area contributed by atoms with Crippen molar-refractivity contribution < 1.29 is 13.9 Å². The SMILES string of the molecule is Cc1cc(Nc2ncnc3ccc(NC4=NCCO4)cc23)ccc1Oc1ccccc1F. The van der Waals surface area contributed by atoms with E-state index in [0.717, 1.165) is 27.8 Å². The predicted molar refractivity (Wildman–Crippen MR) is 122 cm³/mol. The summed E-state index contributed by atoms with van der Waals surface area (Å²) in [5, 5.41) is 7.35. The quantitative estimate of drug-likeness (QED) is 0.441. The lowest BCUT2D eigenvalue weighted by Gasteiger charge is -2.13. The van der Waals surface area contributed by atoms with E-state index in [-0.39, 0.29) is 5.75 Å². The maximum Gasteiger partial charge on any atom is 0.289 e. The van der Waals surface area contributed by atoms with E-state index < -0.39 is 5.82 Å². The highest BCUT2D eigenvalue weighted by atomic mass is 19.1. The molecule has 160 valence electrons. The fourth-order valence-corrected chi connectivity index (χ4v) is 3.39. The average molecular weight is 429 g/mol. The molecule has 0 spiro atoms. The first-order chi connectivity index (χ1) is 15.7. The Balaban J connectivity index is 1.40. The van der Waals surface area contributed by atoms with Gasteiger partial charge in [-0.1, -0.05) is 12.1 Å². The first-order valence-corrected chi connectivity index (χ1v) is 10.1. The van der Waals surface area contributed by atoms with Crippen molar-refractivity contribution in [1.29, 1.82) is 0 Å². The minimum Gasteiger partial charge on any atom is -0.463 e. The zero-order valence-electron chi connectivity index (χ0n) is 17.3. The summed E-state index contributed by atoms with van der Waals surface area (Å²) in [7, 11) is 0. The Morgan fingerprint density at radius 2 is 1.78 bits per heavy atom. The third-order valence-corrected chi connectivity index (χ3v) is 4.97. The Labute approximate surface area is 184 Å². The van der Waals surface area contributed by atoms with Gasteiger partial charge in [0.05, 0.1) is 12.1 Å². The molecule has 1 aromatic heterocycles. The van der Waals surface area contributed by atoms with Crippen molar-refractivity contribution in [3.05, 3.63) is 78.4 Å². The van der Waals surface area contributed by atoms with Gasteiger partial charge in [0.25, 0.3) is 6.02 Å². The number of aliphatic imine (C=N–C) groups is 1. The molecule has 0 atom stereocenters. The standard InChI is InChI=1S/C24H20FN5O2/c1-15-12-16(7-9-21(15)32-22-5-3-2-4-19(22)25)29-23-18-13-17(30-24-26-10-11-31-24)6-8-20(18)27-14-28-23/h2-9,12-14H,10-11H2,1H3,(H,26,30)(H,27,28,29). The number of aromatic nitrogens is 2. The number of halogens is 1. The molecule has 0 radical (unpaired) electrons. The molecule has 5 rings (SSSR count). The molecule has 1 aliphatic rings. The molecule has 0 amide bonds. The van der Waals surface area contributed by atoms with Gasteiger partial charge < -0.3 is 20.1 Å². The molecule has 32 heavy (non-hydrogen) atoms. The summed E-state index contributed by atoms with van der Waals surface area (Å²) >= 11 is 0. The Bertz CT molecular complexity index is 1330. The van der Waals surface area contributed by atoms with E-state index in [1.807, 2.05) is 37.3 Å². The first-order valence-electron chi connectivity index (χ1n) is 10.1. The van der Waals surface area contributed by atoms with Crippen molar-refractivity contribution in [2.45, 2.75) is 6.92 Å². The molecule has 8 heteroatoms. The lowest BCUT2D eigenvalue weighted by atomic mass is 10.1. The minimum absolute atomic E-state index is 0.189. The molecular formula is C24H20FN5O2. The third kappa shape index (κ3) is 4.15. The van der Waals surface area contributed by atoms with Crippen molar-refractivity contribution in [2.75, 3.05) is 23.8 Å². The number of fused-ring (bicyclic) bond motifs is 1. The molecule has 0 saturated carbocycles. The summed E-state index contributed by atoms with van der Waals surface area (Å²) in [4.78, 5) is 13.0. The topological polar surface area (TPSA) is 80.7 Å². The van der Waals surface area contributed by atoms with Crippen LogP contribution in [0.1, 0.15) is 5.56 Å². The van der Waals surface area contributed by atoms with Crippen LogP contribution in [0.25, 0.3) is 10.9 Å². The summed E-state index contributed by atoms with van der Waals surface area (Å²) in [6, 6.07) is 18.2. The normalized spacial score (nSPS) is 12.9. The molecule has 0 fully saturated rings. The number of para-hydroxylation sites is 1. The Morgan fingerprint density at radius 1 is 0.938 bits per heavy atom. The molecular weight excluding hydrogens is 409 g/mol. The van der Waals surface area contributed by atoms with Crippen LogP contribution in [-0.4, -0.2) is 29.1 Å². The van der Waals surface area contributed by atoms with Crippen molar-refractivity contribution >= 4 is 34.1 Å². The van der Waals surface area contributed by atoms with Gasteiger partial charge in [-0.3, -0.25) is 0 Å². The number of amidine groups is 1. The molecule has 4 aromatic rings. The molecule has 1 aliphatic heterocycles. The highest BCUT2D eigenvalue weighted by Crippen LogP contribution is 2.31. The largest absolute Gasteiger partial charge is 0.463 e. The Morgan fingerprint density at radius 3 is 2.59 bits per heavy atom. The lowest BCUT2D eigenvalue weighted by Crippen LogP contribution is -2.11. The van der Waals surface area contributed by atoms with E-state index in [1.54, 1.807) is 24.3 Å². The maximum atomic E-state index is 13.9. The summed E-state index contributed by atoms with van der Waals surface area (Å²) in [5.74, 6) is 1.03. The summed E-state index contributed by atoms with van der Waals surface area (Å²) in [6.07, 6.45) is 1.52. The van der Waals surface area contributed by atoms with E-state index in [9.17, 15) is 4.39 Å². The van der Waals surface area contributed by atoms with Crippen molar-refractivity contribution in [2.24, 2.45) is 4.99 Å². The van der Waals surface area contributed by atoms with Crippen LogP contribution in [0.2, 0.25) is 0 Å². The van der Waals surface area contributed by atoms with E-state index >= 15 is 0 Å². The number of anilines is 3. The van der Waals surface area contributed by atoms with Crippen molar-refractivity contribution in [3.63, 3.8) is 0 Å². The summed E-state index contributed by atoms with van der Waals surface area (Å²) < 4.78 is 25.1. The predicted octanol–water partition coefficient (Wildman–Crippen LogP) is 5.41. The molecule has 0 aliphatic carbocycles.